The van der Waals surface area contributed by atoms with E-state index in [4.69, 9.17) is 22.8 Å². The van der Waals surface area contributed by atoms with E-state index in [1.165, 1.54) is 5.57 Å². The van der Waals surface area contributed by atoms with Crippen molar-refractivity contribution in [2.24, 2.45) is 17.8 Å². The van der Waals surface area contributed by atoms with Crippen LogP contribution >= 0.6 is 0 Å². The summed E-state index contributed by atoms with van der Waals surface area (Å²) in [5, 5.41) is -0.170. The van der Waals surface area contributed by atoms with Gasteiger partial charge in [0, 0.05) is 31.0 Å². The highest BCUT2D eigenvalue weighted by molar-refractivity contribution is 7.92. The largest absolute Gasteiger partial charge is 0.462 e. The second kappa shape index (κ2) is 23.6. The highest BCUT2D eigenvalue weighted by atomic mass is 32.2. The Morgan fingerprint density at radius 3 is 1.80 bits per heavy atom. The van der Waals surface area contributed by atoms with Gasteiger partial charge in [-0.3, -0.25) is 4.79 Å². The third-order valence-electron chi connectivity index (χ3n) is 16.4. The minimum Gasteiger partial charge on any atom is -0.462 e. The molecule has 2 aromatic carbocycles. The molecule has 1 aliphatic heterocycles. The first kappa shape index (κ1) is 60.9. The van der Waals surface area contributed by atoms with Gasteiger partial charge < -0.3 is 22.8 Å². The van der Waals surface area contributed by atoms with Gasteiger partial charge in [-0.15, -0.1) is 0 Å². The number of carbonyl (C=O) groups excluding carboxylic acids is 2. The number of carbonyl (C=O) groups is 2. The quantitative estimate of drug-likeness (QED) is 0.0818. The first-order valence-electron chi connectivity index (χ1n) is 25.8. The molecule has 1 heterocycles. The van der Waals surface area contributed by atoms with Gasteiger partial charge in [0.2, 0.25) is 0 Å². The van der Waals surface area contributed by atoms with Crippen molar-refractivity contribution in [3.05, 3.63) is 77.9 Å². The number of hydrogen-bond donors (Lipinski definition) is 0. The lowest BCUT2D eigenvalue weighted by Crippen LogP contribution is -2.57. The summed E-state index contributed by atoms with van der Waals surface area (Å²) in [6.07, 6.45) is 2.81. The lowest BCUT2D eigenvalue weighted by Gasteiger charge is -2.47. The molecule has 9 nitrogen and oxygen atoms in total. The molecule has 1 aliphatic rings. The van der Waals surface area contributed by atoms with Crippen LogP contribution in [0.4, 0.5) is 0 Å². The summed E-state index contributed by atoms with van der Waals surface area (Å²) < 4.78 is 64.4. The molecule has 0 bridgehead atoms. The maximum Gasteiger partial charge on any atom is 0.338 e. The van der Waals surface area contributed by atoms with E-state index in [1.54, 1.807) is 61.5 Å². The van der Waals surface area contributed by atoms with Crippen LogP contribution < -0.4 is 0 Å². The fourth-order valence-electron chi connectivity index (χ4n) is 8.87. The summed E-state index contributed by atoms with van der Waals surface area (Å²) in [5.41, 5.74) is 1.49. The van der Waals surface area contributed by atoms with Crippen molar-refractivity contribution in [1.82, 2.24) is 0 Å². The van der Waals surface area contributed by atoms with Crippen molar-refractivity contribution < 1.29 is 40.8 Å². The third kappa shape index (κ3) is 16.0. The van der Waals surface area contributed by atoms with E-state index >= 15 is 8.42 Å². The van der Waals surface area contributed by atoms with Crippen molar-refractivity contribution in [1.29, 1.82) is 0 Å². The van der Waals surface area contributed by atoms with E-state index < -0.39 is 75.7 Å². The second-order valence-electron chi connectivity index (χ2n) is 25.5. The van der Waals surface area contributed by atoms with Crippen LogP contribution in [0.25, 0.3) is 0 Å². The molecule has 9 atom stereocenters. The third-order valence-corrected chi connectivity index (χ3v) is 32.6. The zero-order valence-electron chi connectivity index (χ0n) is 47.0. The molecule has 0 spiro atoms. The Morgan fingerprint density at radius 1 is 0.768 bits per heavy atom. The molecular formula is C56H96O9SSi3. The average molecular weight is 1030 g/mol. The Labute approximate surface area is 424 Å². The topological polar surface area (TPSA) is 114 Å². The fraction of sp³-hybridized carbons (Fsp3) is 0.714. The maximum absolute atomic E-state index is 15.8. The molecular weight excluding hydrogens is 933 g/mol. The van der Waals surface area contributed by atoms with Crippen LogP contribution in [-0.4, -0.2) is 80.6 Å². The van der Waals surface area contributed by atoms with Gasteiger partial charge in [0.25, 0.3) is 0 Å². The molecule has 2 unspecified atom stereocenters. The number of ether oxygens (including phenoxy) is 2. The Balaban J connectivity index is 2.27. The summed E-state index contributed by atoms with van der Waals surface area (Å²) in [5.74, 6) is -1.82. The number of benzene rings is 2. The Bertz CT molecular complexity index is 2100. The number of cyclic esters (lactones) is 1. The zero-order valence-corrected chi connectivity index (χ0v) is 50.8. The van der Waals surface area contributed by atoms with Crippen LogP contribution in [0.3, 0.4) is 0 Å². The Morgan fingerprint density at radius 2 is 1.28 bits per heavy atom. The van der Waals surface area contributed by atoms with Crippen molar-refractivity contribution in [3.8, 4) is 0 Å². The van der Waals surface area contributed by atoms with Crippen molar-refractivity contribution >= 4 is 46.7 Å². The molecule has 2 aromatic rings. The van der Waals surface area contributed by atoms with E-state index in [0.717, 1.165) is 12.8 Å². The minimum absolute atomic E-state index is 0.0173. The monoisotopic (exact) mass is 1030 g/mol. The Hall–Kier alpha value is -2.40. The van der Waals surface area contributed by atoms with Crippen molar-refractivity contribution in [3.63, 3.8) is 0 Å². The van der Waals surface area contributed by atoms with Gasteiger partial charge in [0.05, 0.1) is 16.6 Å². The molecule has 392 valence electrons. The highest BCUT2D eigenvalue weighted by Gasteiger charge is 2.55. The lowest BCUT2D eigenvalue weighted by atomic mass is 9.80. The van der Waals surface area contributed by atoms with Gasteiger partial charge >= 0.3 is 11.9 Å². The summed E-state index contributed by atoms with van der Waals surface area (Å²) in [6.45, 7) is 45.6. The molecule has 13 heteroatoms. The van der Waals surface area contributed by atoms with Crippen LogP contribution in [0.5, 0.6) is 0 Å². The molecule has 0 aromatic heterocycles. The Kier molecular flexibility index (Phi) is 20.9. The molecule has 0 saturated carbocycles. The number of allylic oxidation sites excluding steroid dienone is 1. The number of hydrogen-bond acceptors (Lipinski definition) is 9. The summed E-state index contributed by atoms with van der Waals surface area (Å²) in [4.78, 5) is 28.6. The summed E-state index contributed by atoms with van der Waals surface area (Å²) in [7, 11) is -11.2. The predicted molar refractivity (Wildman–Crippen MR) is 293 cm³/mol. The van der Waals surface area contributed by atoms with E-state index in [1.807, 2.05) is 19.9 Å². The van der Waals surface area contributed by atoms with Gasteiger partial charge in [-0.05, 0) is 143 Å². The predicted octanol–water partition coefficient (Wildman–Crippen LogP) is 15.1. The SMILES string of the molecule is C/C1=C\C[C@H]([C@@H](C)CC(C)(C(OC(=O)c2ccccc2)[C@@H](C)[C@@H](C[C@@H](C)O[Si](C)(C)C(C)(C)C)O[Si](C)(C)C(C)(C)C)S(=O)(=O)c2ccccc2)OC(=O)CCC[C@H](O[Si](C)(C)C(C)(C)C)[C@@H](C)C1. The number of rotatable bonds is 18. The van der Waals surface area contributed by atoms with Gasteiger partial charge in [0.1, 0.15) is 17.0 Å². The van der Waals surface area contributed by atoms with Crippen LogP contribution in [0, 0.1) is 17.8 Å². The first-order valence-corrected chi connectivity index (χ1v) is 36.0. The van der Waals surface area contributed by atoms with Gasteiger partial charge in [0.15, 0.2) is 34.8 Å². The number of esters is 2. The second-order valence-corrected chi connectivity index (χ2v) is 42.2. The zero-order chi connectivity index (χ0) is 52.8. The molecule has 3 rings (SSSR count). The van der Waals surface area contributed by atoms with Crippen molar-refractivity contribution in [2.75, 3.05) is 0 Å². The standard InChI is InChI=1S/C56H96O9SSi3/c1-40-35-36-47(61-50(57)34-28-33-48(41(2)37-40)64-68(18,19)54(9,10)11)42(3)39-56(15,66(59,60)46-31-26-23-27-32-46)51(62-52(58)45-29-24-22-25-30-45)44(5)49(65-69(20,21)55(12,13)14)38-43(4)63-67(16,17)53(6,7)8/h22-27,29-32,35,41-44,47-49,51H,28,33-34,36-39H2,1-21H3/b40-35+/t41-,42-,43+,44-,47+,48-,49+,51?,56?/m0/s1. The molecule has 69 heavy (non-hydrogen) atoms. The molecule has 0 radical (unpaired) electrons. The van der Waals surface area contributed by atoms with E-state index in [2.05, 4.69) is 128 Å². The van der Waals surface area contributed by atoms with Crippen molar-refractivity contribution in [2.45, 2.75) is 243 Å². The summed E-state index contributed by atoms with van der Waals surface area (Å²) in [6, 6.07) is 17.2. The lowest BCUT2D eigenvalue weighted by molar-refractivity contribution is -0.152. The average Bonchev–Trinajstić information content (AvgIpc) is 3.21. The van der Waals surface area contributed by atoms with Crippen LogP contribution in [0.15, 0.2) is 77.2 Å². The fourth-order valence-corrected chi connectivity index (χ4v) is 15.3. The minimum atomic E-state index is -4.30. The normalized spacial score (nSPS) is 22.8. The summed E-state index contributed by atoms with van der Waals surface area (Å²) >= 11 is 0. The van der Waals surface area contributed by atoms with Crippen LogP contribution in [0.1, 0.15) is 159 Å². The van der Waals surface area contributed by atoms with Crippen LogP contribution in [-0.2, 0) is 37.4 Å². The molecule has 0 aliphatic carbocycles. The van der Waals surface area contributed by atoms with Crippen LogP contribution in [0.2, 0.25) is 54.4 Å². The molecule has 0 fully saturated rings. The van der Waals surface area contributed by atoms with Gasteiger partial charge in [-0.25, -0.2) is 13.2 Å². The number of sulfone groups is 1. The van der Waals surface area contributed by atoms with Gasteiger partial charge in [-0.1, -0.05) is 131 Å². The molecule has 0 saturated heterocycles. The van der Waals surface area contributed by atoms with Gasteiger partial charge in [-0.2, -0.15) is 0 Å². The molecule has 0 N–H and O–H groups in total. The van der Waals surface area contributed by atoms with E-state index in [0.29, 0.717) is 24.8 Å². The molecule has 0 amide bonds. The highest BCUT2D eigenvalue weighted by Crippen LogP contribution is 2.46. The first-order chi connectivity index (χ1) is 31.4. The maximum atomic E-state index is 15.8. The smallest absolute Gasteiger partial charge is 0.338 e. The van der Waals surface area contributed by atoms with E-state index in [-0.39, 0.29) is 56.9 Å². The van der Waals surface area contributed by atoms with E-state index in [9.17, 15) is 9.59 Å².